The SMILES string of the molecule is COc1cccc(CN2CNc3ncc(-c4cccnc4)cc32)c1. The van der Waals surface area contributed by atoms with Gasteiger partial charge in [0.25, 0.3) is 0 Å². The number of rotatable bonds is 4. The van der Waals surface area contributed by atoms with Crippen LogP contribution in [-0.2, 0) is 6.54 Å². The second kappa shape index (κ2) is 6.20. The quantitative estimate of drug-likeness (QED) is 0.797. The van der Waals surface area contributed by atoms with E-state index >= 15 is 0 Å². The van der Waals surface area contributed by atoms with E-state index < -0.39 is 0 Å². The molecule has 1 N–H and O–H groups in total. The van der Waals surface area contributed by atoms with Crippen LogP contribution in [0.15, 0.2) is 61.1 Å². The minimum Gasteiger partial charge on any atom is -0.497 e. The van der Waals surface area contributed by atoms with Crippen LogP contribution in [0.1, 0.15) is 5.56 Å². The summed E-state index contributed by atoms with van der Waals surface area (Å²) in [6.07, 6.45) is 5.52. The van der Waals surface area contributed by atoms with Crippen molar-refractivity contribution in [3.63, 3.8) is 0 Å². The first-order valence-corrected chi connectivity index (χ1v) is 7.86. The lowest BCUT2D eigenvalue weighted by Crippen LogP contribution is -2.22. The summed E-state index contributed by atoms with van der Waals surface area (Å²) in [7, 11) is 1.69. The van der Waals surface area contributed by atoms with Crippen LogP contribution < -0.4 is 15.0 Å². The first-order valence-electron chi connectivity index (χ1n) is 7.86. The second-order valence-electron chi connectivity index (χ2n) is 5.72. The van der Waals surface area contributed by atoms with E-state index in [0.717, 1.165) is 41.6 Å². The van der Waals surface area contributed by atoms with Crippen molar-refractivity contribution in [2.24, 2.45) is 0 Å². The number of pyridine rings is 2. The summed E-state index contributed by atoms with van der Waals surface area (Å²) in [4.78, 5) is 11.0. The van der Waals surface area contributed by atoms with Crippen LogP contribution in [0.3, 0.4) is 0 Å². The number of methoxy groups -OCH3 is 1. The van der Waals surface area contributed by atoms with Crippen molar-refractivity contribution in [2.75, 3.05) is 24.0 Å². The molecule has 5 nitrogen and oxygen atoms in total. The molecular formula is C19H18N4O. The van der Waals surface area contributed by atoms with Crippen molar-refractivity contribution in [1.82, 2.24) is 9.97 Å². The van der Waals surface area contributed by atoms with Crippen LogP contribution in [0, 0.1) is 0 Å². The van der Waals surface area contributed by atoms with Gasteiger partial charge in [0, 0.05) is 36.3 Å². The first-order chi connectivity index (χ1) is 11.8. The molecule has 0 spiro atoms. The zero-order valence-corrected chi connectivity index (χ0v) is 13.4. The maximum atomic E-state index is 5.31. The molecule has 0 aliphatic carbocycles. The molecule has 0 bridgehead atoms. The summed E-state index contributed by atoms with van der Waals surface area (Å²) < 4.78 is 5.31. The average molecular weight is 318 g/mol. The molecule has 0 unspecified atom stereocenters. The minimum absolute atomic E-state index is 0.746. The largest absolute Gasteiger partial charge is 0.497 e. The molecule has 3 aromatic rings. The molecule has 5 heteroatoms. The monoisotopic (exact) mass is 318 g/mol. The van der Waals surface area contributed by atoms with Crippen LogP contribution in [0.5, 0.6) is 5.75 Å². The third-order valence-corrected chi connectivity index (χ3v) is 4.15. The molecule has 1 aromatic carbocycles. The number of nitrogens with zero attached hydrogens (tertiary/aromatic N) is 3. The lowest BCUT2D eigenvalue weighted by Gasteiger charge is -2.18. The van der Waals surface area contributed by atoms with Gasteiger partial charge in [-0.3, -0.25) is 4.98 Å². The van der Waals surface area contributed by atoms with Gasteiger partial charge in [-0.2, -0.15) is 0 Å². The lowest BCUT2D eigenvalue weighted by atomic mass is 10.1. The Hall–Kier alpha value is -3.08. The van der Waals surface area contributed by atoms with Crippen molar-refractivity contribution in [3.8, 4) is 16.9 Å². The fourth-order valence-electron chi connectivity index (χ4n) is 2.91. The zero-order chi connectivity index (χ0) is 16.4. The summed E-state index contributed by atoms with van der Waals surface area (Å²) in [6, 6.07) is 14.3. The minimum atomic E-state index is 0.746. The molecule has 0 saturated heterocycles. The highest BCUT2D eigenvalue weighted by Gasteiger charge is 2.20. The van der Waals surface area contributed by atoms with Crippen LogP contribution in [0.4, 0.5) is 11.5 Å². The van der Waals surface area contributed by atoms with Gasteiger partial charge in [0.2, 0.25) is 0 Å². The molecule has 3 heterocycles. The highest BCUT2D eigenvalue weighted by molar-refractivity contribution is 5.77. The van der Waals surface area contributed by atoms with Gasteiger partial charge in [0.15, 0.2) is 5.82 Å². The number of anilines is 2. The van der Waals surface area contributed by atoms with Crippen molar-refractivity contribution in [1.29, 1.82) is 0 Å². The van der Waals surface area contributed by atoms with E-state index in [9.17, 15) is 0 Å². The zero-order valence-electron chi connectivity index (χ0n) is 13.4. The average Bonchev–Trinajstić information content (AvgIpc) is 3.05. The van der Waals surface area contributed by atoms with Crippen LogP contribution >= 0.6 is 0 Å². The molecule has 120 valence electrons. The van der Waals surface area contributed by atoms with Gasteiger partial charge in [-0.25, -0.2) is 4.98 Å². The predicted octanol–water partition coefficient (Wildman–Crippen LogP) is 3.54. The number of aromatic nitrogens is 2. The maximum Gasteiger partial charge on any atom is 0.151 e. The molecule has 0 atom stereocenters. The van der Waals surface area contributed by atoms with Crippen molar-refractivity contribution in [2.45, 2.75) is 6.54 Å². The van der Waals surface area contributed by atoms with Gasteiger partial charge in [0.05, 0.1) is 19.5 Å². The van der Waals surface area contributed by atoms with Gasteiger partial charge < -0.3 is 15.0 Å². The molecule has 1 aliphatic heterocycles. The summed E-state index contributed by atoms with van der Waals surface area (Å²) >= 11 is 0. The number of nitrogens with one attached hydrogen (secondary N) is 1. The molecule has 24 heavy (non-hydrogen) atoms. The highest BCUT2D eigenvalue weighted by atomic mass is 16.5. The fraction of sp³-hybridized carbons (Fsp3) is 0.158. The maximum absolute atomic E-state index is 5.31. The molecule has 4 rings (SSSR count). The Bertz CT molecular complexity index is 851. The molecule has 0 amide bonds. The van der Waals surface area contributed by atoms with Gasteiger partial charge in [-0.1, -0.05) is 18.2 Å². The summed E-state index contributed by atoms with van der Waals surface area (Å²) in [5.41, 5.74) is 4.46. The number of benzene rings is 1. The van der Waals surface area contributed by atoms with Crippen LogP contribution in [0.25, 0.3) is 11.1 Å². The number of hydrogen-bond acceptors (Lipinski definition) is 5. The van der Waals surface area contributed by atoms with E-state index in [1.54, 1.807) is 13.3 Å². The Labute approximate surface area is 140 Å². The number of hydrogen-bond donors (Lipinski definition) is 1. The van der Waals surface area contributed by atoms with Crippen molar-refractivity contribution < 1.29 is 4.74 Å². The second-order valence-corrected chi connectivity index (χ2v) is 5.72. The van der Waals surface area contributed by atoms with E-state index in [0.29, 0.717) is 0 Å². The Morgan fingerprint density at radius 1 is 1.12 bits per heavy atom. The number of ether oxygens (including phenoxy) is 1. The number of fused-ring (bicyclic) bond motifs is 1. The molecule has 0 saturated carbocycles. The molecule has 0 fully saturated rings. The fourth-order valence-corrected chi connectivity index (χ4v) is 2.91. The predicted molar refractivity (Wildman–Crippen MR) is 95.1 cm³/mol. The van der Waals surface area contributed by atoms with E-state index in [-0.39, 0.29) is 0 Å². The highest BCUT2D eigenvalue weighted by Crippen LogP contribution is 2.34. The third kappa shape index (κ3) is 2.76. The summed E-state index contributed by atoms with van der Waals surface area (Å²) in [5.74, 6) is 1.80. The Kier molecular flexibility index (Phi) is 3.75. The normalized spacial score (nSPS) is 12.6. The lowest BCUT2D eigenvalue weighted by molar-refractivity contribution is 0.414. The van der Waals surface area contributed by atoms with Gasteiger partial charge in [-0.05, 0) is 29.8 Å². The van der Waals surface area contributed by atoms with Gasteiger partial charge in [-0.15, -0.1) is 0 Å². The van der Waals surface area contributed by atoms with Crippen LogP contribution in [-0.4, -0.2) is 23.7 Å². The summed E-state index contributed by atoms with van der Waals surface area (Å²) in [5, 5.41) is 3.35. The van der Waals surface area contributed by atoms with Crippen LogP contribution in [0.2, 0.25) is 0 Å². The standard InChI is InChI=1S/C19H18N4O/c1-24-17-6-2-4-14(8-17)12-23-13-22-19-18(23)9-16(11-21-19)15-5-3-7-20-10-15/h2-11H,12-13H2,1H3,(H,21,22). The molecule has 2 aromatic heterocycles. The van der Waals surface area contributed by atoms with E-state index in [4.69, 9.17) is 4.74 Å². The van der Waals surface area contributed by atoms with E-state index in [1.165, 1.54) is 5.56 Å². The Morgan fingerprint density at radius 3 is 2.92 bits per heavy atom. The molecule has 0 radical (unpaired) electrons. The first kappa shape index (κ1) is 14.5. The molecule has 1 aliphatic rings. The third-order valence-electron chi connectivity index (χ3n) is 4.15. The van der Waals surface area contributed by atoms with Gasteiger partial charge in [0.1, 0.15) is 5.75 Å². The smallest absolute Gasteiger partial charge is 0.151 e. The van der Waals surface area contributed by atoms with E-state index in [2.05, 4.69) is 38.4 Å². The Balaban J connectivity index is 1.63. The van der Waals surface area contributed by atoms with Gasteiger partial charge >= 0.3 is 0 Å². The molecular weight excluding hydrogens is 300 g/mol. The van der Waals surface area contributed by atoms with Crippen molar-refractivity contribution >= 4 is 11.5 Å². The van der Waals surface area contributed by atoms with E-state index in [1.807, 2.05) is 36.7 Å². The topological polar surface area (TPSA) is 50.3 Å². The summed E-state index contributed by atoms with van der Waals surface area (Å²) in [6.45, 7) is 1.55. The Morgan fingerprint density at radius 2 is 2.08 bits per heavy atom. The van der Waals surface area contributed by atoms with Crippen molar-refractivity contribution in [3.05, 3.63) is 66.6 Å².